The molecule has 248 valence electrons. The van der Waals surface area contributed by atoms with Gasteiger partial charge >= 0.3 is 11.0 Å². The summed E-state index contributed by atoms with van der Waals surface area (Å²) in [4.78, 5) is 65.8. The molecule has 1 saturated heterocycles. The zero-order valence-electron chi connectivity index (χ0n) is 24.8. The number of fused-ring (bicyclic) bond motifs is 2. The number of carbonyl (C=O) groups is 3. The fourth-order valence-electron chi connectivity index (χ4n) is 5.76. The summed E-state index contributed by atoms with van der Waals surface area (Å²) < 4.78 is 51.6. The van der Waals surface area contributed by atoms with Gasteiger partial charge < -0.3 is 14.8 Å². The van der Waals surface area contributed by atoms with Crippen molar-refractivity contribution in [3.63, 3.8) is 0 Å². The quantitative estimate of drug-likeness (QED) is 0.147. The maximum atomic E-state index is 14.1. The summed E-state index contributed by atoms with van der Waals surface area (Å²) in [5.41, 5.74) is -0.692. The van der Waals surface area contributed by atoms with E-state index in [1.165, 1.54) is 44.6 Å². The highest BCUT2D eigenvalue weighted by Crippen LogP contribution is 2.54. The minimum absolute atomic E-state index is 0.123. The van der Waals surface area contributed by atoms with Crippen LogP contribution in [0.1, 0.15) is 21.9 Å². The Morgan fingerprint density at radius 2 is 1.69 bits per heavy atom. The van der Waals surface area contributed by atoms with Crippen molar-refractivity contribution < 1.29 is 42.0 Å². The molecule has 0 aliphatic carbocycles. The number of nitrogens with zero attached hydrogens (tertiary/aromatic N) is 3. The number of nitro benzene ring substituents is 1. The van der Waals surface area contributed by atoms with Gasteiger partial charge in [0.25, 0.3) is 5.69 Å². The summed E-state index contributed by atoms with van der Waals surface area (Å²) in [7, 11) is 2.87. The van der Waals surface area contributed by atoms with E-state index in [1.807, 2.05) is 0 Å². The highest BCUT2D eigenvalue weighted by Gasteiger charge is 2.57. The van der Waals surface area contributed by atoms with Gasteiger partial charge in [0.05, 0.1) is 41.3 Å². The summed E-state index contributed by atoms with van der Waals surface area (Å²) >= 11 is 1.71. The van der Waals surface area contributed by atoms with Gasteiger partial charge in [0.1, 0.15) is 11.8 Å². The predicted molar refractivity (Wildman–Crippen MR) is 169 cm³/mol. The Kier molecular flexibility index (Phi) is 8.51. The number of methoxy groups -OCH3 is 2. The minimum atomic E-state index is -4.63. The molecule has 3 heterocycles. The van der Waals surface area contributed by atoms with Crippen LogP contribution in [0, 0.1) is 16.0 Å². The monoisotopic (exact) mass is 700 g/mol. The van der Waals surface area contributed by atoms with Crippen molar-refractivity contribution in [2.45, 2.75) is 28.9 Å². The zero-order valence-corrected chi connectivity index (χ0v) is 26.5. The molecule has 1 N–H and O–H groups in total. The fourth-order valence-corrected chi connectivity index (χ4v) is 8.53. The van der Waals surface area contributed by atoms with Crippen LogP contribution in [0.2, 0.25) is 0 Å². The highest BCUT2D eigenvalue weighted by atomic mass is 32.2. The Morgan fingerprint density at radius 3 is 2.33 bits per heavy atom. The van der Waals surface area contributed by atoms with Crippen LogP contribution >= 0.6 is 23.1 Å². The van der Waals surface area contributed by atoms with Crippen LogP contribution in [0.3, 0.4) is 0 Å². The molecule has 0 saturated carbocycles. The normalized spacial score (nSPS) is 18.7. The molecular formula is C31H23F3N4O8S2. The molecular weight excluding hydrogens is 677 g/mol. The van der Waals surface area contributed by atoms with Crippen molar-refractivity contribution >= 4 is 57.9 Å². The number of aromatic nitrogens is 1. The largest absolute Gasteiger partial charge is 0.493 e. The van der Waals surface area contributed by atoms with Gasteiger partial charge in [0.15, 0.2) is 11.5 Å². The summed E-state index contributed by atoms with van der Waals surface area (Å²) in [5.74, 6) is -3.18. The molecule has 48 heavy (non-hydrogen) atoms. The standard InChI is InChI=1S/C31H23F3N4O8S2/c1-45-20-11-6-15(12-21(20)46-2)23-24-25(28(41)37(27(24)40)18-7-9-19(10-8-18)38(43)44)47-29-26(23)48-30(42)36(29)14-22(39)35-17-5-3-4-16(13-17)31(32,33)34/h3-13,23-25H,14H2,1-2H3,(H,35,39)/t23-,24?,25?/m1/s1. The van der Waals surface area contributed by atoms with Gasteiger partial charge in [-0.2, -0.15) is 13.2 Å². The second-order valence-electron chi connectivity index (χ2n) is 10.7. The third kappa shape index (κ3) is 5.79. The number of hydrogen-bond acceptors (Lipinski definition) is 10. The Bertz CT molecular complexity index is 2030. The number of imide groups is 1. The topological polar surface area (TPSA) is 150 Å². The molecule has 0 bridgehead atoms. The number of hydrogen-bond donors (Lipinski definition) is 1. The van der Waals surface area contributed by atoms with E-state index in [2.05, 4.69) is 5.32 Å². The van der Waals surface area contributed by atoms with E-state index in [1.54, 1.807) is 18.2 Å². The number of thioether (sulfide) groups is 1. The van der Waals surface area contributed by atoms with E-state index >= 15 is 0 Å². The van der Waals surface area contributed by atoms with Crippen molar-refractivity contribution in [1.29, 1.82) is 0 Å². The van der Waals surface area contributed by atoms with Gasteiger partial charge in [-0.05, 0) is 48.0 Å². The molecule has 2 aliphatic heterocycles. The number of amides is 3. The summed E-state index contributed by atoms with van der Waals surface area (Å²) in [6.45, 7) is -0.585. The Balaban J connectivity index is 1.40. The lowest BCUT2D eigenvalue weighted by atomic mass is 9.83. The number of alkyl halides is 3. The lowest BCUT2D eigenvalue weighted by Gasteiger charge is -2.31. The van der Waals surface area contributed by atoms with E-state index in [4.69, 9.17) is 9.47 Å². The van der Waals surface area contributed by atoms with E-state index in [0.717, 1.165) is 50.8 Å². The predicted octanol–water partition coefficient (Wildman–Crippen LogP) is 5.29. The number of nitrogens with one attached hydrogen (secondary N) is 1. The lowest BCUT2D eigenvalue weighted by Crippen LogP contribution is -2.33. The van der Waals surface area contributed by atoms with Gasteiger partial charge in [-0.25, -0.2) is 4.90 Å². The van der Waals surface area contributed by atoms with Crippen molar-refractivity contribution in [2.24, 2.45) is 5.92 Å². The first-order valence-electron chi connectivity index (χ1n) is 14.0. The number of anilines is 2. The van der Waals surface area contributed by atoms with Gasteiger partial charge in [-0.1, -0.05) is 35.2 Å². The second-order valence-corrected chi connectivity index (χ2v) is 12.8. The molecule has 2 aliphatic rings. The number of nitro groups is 1. The van der Waals surface area contributed by atoms with E-state index in [9.17, 15) is 42.5 Å². The van der Waals surface area contributed by atoms with E-state index in [-0.39, 0.29) is 22.1 Å². The van der Waals surface area contributed by atoms with Crippen LogP contribution in [-0.4, -0.2) is 46.7 Å². The Hall–Kier alpha value is -5.16. The third-order valence-corrected chi connectivity index (χ3v) is 10.5. The van der Waals surface area contributed by atoms with Crippen LogP contribution in [-0.2, 0) is 27.1 Å². The van der Waals surface area contributed by atoms with Crippen LogP contribution < -0.4 is 24.6 Å². The van der Waals surface area contributed by atoms with Crippen LogP contribution in [0.15, 0.2) is 76.6 Å². The van der Waals surface area contributed by atoms with Crippen LogP contribution in [0.4, 0.5) is 30.2 Å². The first kappa shape index (κ1) is 32.8. The maximum Gasteiger partial charge on any atom is 0.416 e. The van der Waals surface area contributed by atoms with Gasteiger partial charge in [-0.15, -0.1) is 0 Å². The molecule has 2 unspecified atom stereocenters. The smallest absolute Gasteiger partial charge is 0.416 e. The average Bonchev–Trinajstić information content (AvgIpc) is 3.50. The second kappa shape index (κ2) is 12.5. The van der Waals surface area contributed by atoms with Crippen molar-refractivity contribution in [3.8, 4) is 11.5 Å². The average molecular weight is 701 g/mol. The summed E-state index contributed by atoms with van der Waals surface area (Å²) in [5, 5.41) is 12.8. The zero-order chi connectivity index (χ0) is 34.5. The van der Waals surface area contributed by atoms with Crippen LogP contribution in [0.25, 0.3) is 0 Å². The minimum Gasteiger partial charge on any atom is -0.493 e. The number of carbonyl (C=O) groups excluding carboxylic acids is 3. The SMILES string of the molecule is COc1ccc([C@H]2c3sc(=O)n(CC(=O)Nc4cccc(C(F)(F)F)c4)c3SC3C(=O)N(c4ccc([N+](=O)[O-])cc4)C(=O)C32)cc1OC. The first-order chi connectivity index (χ1) is 22.8. The van der Waals surface area contributed by atoms with E-state index in [0.29, 0.717) is 21.9 Å². The molecule has 17 heteroatoms. The number of thiazole rings is 1. The molecule has 1 aromatic heterocycles. The molecule has 12 nitrogen and oxygen atoms in total. The van der Waals surface area contributed by atoms with Crippen molar-refractivity contribution in [1.82, 2.24) is 4.57 Å². The Labute approximate surface area is 277 Å². The third-order valence-electron chi connectivity index (χ3n) is 7.91. The highest BCUT2D eigenvalue weighted by molar-refractivity contribution is 8.00. The maximum absolute atomic E-state index is 14.1. The summed E-state index contributed by atoms with van der Waals surface area (Å²) in [6, 6.07) is 13.9. The Morgan fingerprint density at radius 1 is 0.979 bits per heavy atom. The molecule has 1 fully saturated rings. The number of rotatable bonds is 8. The van der Waals surface area contributed by atoms with Gasteiger partial charge in [0.2, 0.25) is 17.7 Å². The van der Waals surface area contributed by atoms with Crippen molar-refractivity contribution in [3.05, 3.63) is 103 Å². The van der Waals surface area contributed by atoms with E-state index < -0.39 is 62.9 Å². The number of ether oxygens (including phenoxy) is 2. The first-order valence-corrected chi connectivity index (χ1v) is 15.7. The fraction of sp³-hybridized carbons (Fsp3) is 0.226. The molecule has 3 amide bonds. The van der Waals surface area contributed by atoms with Gasteiger partial charge in [-0.3, -0.25) is 33.9 Å². The van der Waals surface area contributed by atoms with Gasteiger partial charge in [0, 0.05) is 28.6 Å². The molecule has 0 spiro atoms. The van der Waals surface area contributed by atoms with Crippen LogP contribution in [0.5, 0.6) is 11.5 Å². The number of halogens is 3. The number of non-ortho nitro benzene ring substituents is 1. The number of benzene rings is 3. The molecule has 3 aromatic carbocycles. The molecule has 6 rings (SSSR count). The molecule has 3 atom stereocenters. The summed E-state index contributed by atoms with van der Waals surface area (Å²) in [6.07, 6.45) is -4.63. The molecule has 0 radical (unpaired) electrons. The lowest BCUT2D eigenvalue weighted by molar-refractivity contribution is -0.384. The molecule has 4 aromatic rings. The van der Waals surface area contributed by atoms with Crippen molar-refractivity contribution in [2.75, 3.05) is 24.4 Å².